The molecule has 0 aliphatic carbocycles. The van der Waals surface area contributed by atoms with E-state index in [0.29, 0.717) is 43.5 Å². The molecule has 0 spiro atoms. The predicted molar refractivity (Wildman–Crippen MR) is 102 cm³/mol. The third kappa shape index (κ3) is 3.62. The van der Waals surface area contributed by atoms with E-state index in [1.165, 1.54) is 0 Å². The molecule has 7 nitrogen and oxygen atoms in total. The van der Waals surface area contributed by atoms with Crippen LogP contribution in [0.5, 0.6) is 0 Å². The van der Waals surface area contributed by atoms with E-state index in [4.69, 9.17) is 4.42 Å². The highest BCUT2D eigenvalue weighted by atomic mass is 16.4. The Bertz CT molecular complexity index is 1080. The number of nitrogens with zero attached hydrogens (tertiary/aromatic N) is 1. The summed E-state index contributed by atoms with van der Waals surface area (Å²) in [7, 11) is 0. The summed E-state index contributed by atoms with van der Waals surface area (Å²) in [5, 5.41) is 5.69. The van der Waals surface area contributed by atoms with Crippen molar-refractivity contribution >= 4 is 34.3 Å². The van der Waals surface area contributed by atoms with Crippen LogP contribution in [0.15, 0.2) is 51.7 Å². The van der Waals surface area contributed by atoms with Crippen LogP contribution in [0.2, 0.25) is 0 Å². The summed E-state index contributed by atoms with van der Waals surface area (Å²) in [4.78, 5) is 35.5. The van der Waals surface area contributed by atoms with Crippen molar-refractivity contribution in [3.8, 4) is 0 Å². The molecule has 2 amide bonds. The van der Waals surface area contributed by atoms with E-state index in [9.17, 15) is 14.4 Å². The molecule has 0 saturated carbocycles. The fraction of sp³-hybridized carbons (Fsp3) is 0.250. The molecule has 7 heteroatoms. The van der Waals surface area contributed by atoms with Gasteiger partial charge in [-0.15, -0.1) is 0 Å². The van der Waals surface area contributed by atoms with Gasteiger partial charge in [0.25, 0.3) is 0 Å². The normalized spacial score (nSPS) is 13.3. The number of aromatic nitrogens is 1. The minimum atomic E-state index is -0.409. The fourth-order valence-corrected chi connectivity index (χ4v) is 3.31. The molecule has 2 heterocycles. The van der Waals surface area contributed by atoms with Gasteiger partial charge in [0.05, 0.1) is 5.52 Å². The summed E-state index contributed by atoms with van der Waals surface area (Å²) in [6.45, 7) is 0.416. The highest BCUT2D eigenvalue weighted by molar-refractivity contribution is 5.95. The molecule has 2 aromatic carbocycles. The molecule has 4 rings (SSSR count). The van der Waals surface area contributed by atoms with Crippen molar-refractivity contribution in [2.24, 2.45) is 0 Å². The Morgan fingerprint density at radius 2 is 2.00 bits per heavy atom. The molecular formula is C20H19N3O4. The van der Waals surface area contributed by atoms with Crippen LogP contribution >= 0.6 is 0 Å². The molecule has 1 aromatic heterocycles. The van der Waals surface area contributed by atoms with Gasteiger partial charge in [0.15, 0.2) is 5.58 Å². The van der Waals surface area contributed by atoms with Gasteiger partial charge in [0, 0.05) is 30.8 Å². The van der Waals surface area contributed by atoms with E-state index < -0.39 is 5.76 Å². The second kappa shape index (κ2) is 7.11. The quantitative estimate of drug-likeness (QED) is 0.727. The molecule has 1 aliphatic rings. The van der Waals surface area contributed by atoms with E-state index in [1.807, 2.05) is 24.3 Å². The third-order valence-electron chi connectivity index (χ3n) is 4.64. The molecular weight excluding hydrogens is 346 g/mol. The number of carbonyl (C=O) groups is 2. The van der Waals surface area contributed by atoms with Gasteiger partial charge in [-0.05, 0) is 48.7 Å². The standard InChI is InChI=1S/C20H19N3O4/c24-18(21-14-8-9-15-13(12-14)7-10-19(25)22-15)6-3-11-23-16-4-1-2-5-17(16)27-20(23)26/h1-2,4-5,8-9,12H,3,6-7,10-11H2,(H,21,24)(H,22,25). The van der Waals surface area contributed by atoms with Gasteiger partial charge in [0.2, 0.25) is 11.8 Å². The summed E-state index contributed by atoms with van der Waals surface area (Å²) in [6, 6.07) is 12.7. The molecule has 27 heavy (non-hydrogen) atoms. The van der Waals surface area contributed by atoms with Crippen molar-refractivity contribution in [1.29, 1.82) is 0 Å². The van der Waals surface area contributed by atoms with Crippen LogP contribution in [0.1, 0.15) is 24.8 Å². The summed E-state index contributed by atoms with van der Waals surface area (Å²) in [5.41, 5.74) is 3.81. The number of para-hydroxylation sites is 2. The average molecular weight is 365 g/mol. The zero-order chi connectivity index (χ0) is 18.8. The number of aryl methyl sites for hydroxylation is 2. The molecule has 3 aromatic rings. The molecule has 0 fully saturated rings. The van der Waals surface area contributed by atoms with Crippen molar-refractivity contribution < 1.29 is 14.0 Å². The van der Waals surface area contributed by atoms with Crippen molar-refractivity contribution in [1.82, 2.24) is 4.57 Å². The van der Waals surface area contributed by atoms with Gasteiger partial charge in [-0.25, -0.2) is 4.79 Å². The van der Waals surface area contributed by atoms with Crippen LogP contribution in [0.4, 0.5) is 11.4 Å². The lowest BCUT2D eigenvalue weighted by Gasteiger charge is -2.17. The summed E-state index contributed by atoms with van der Waals surface area (Å²) in [5.74, 6) is -0.509. The zero-order valence-corrected chi connectivity index (χ0v) is 14.7. The monoisotopic (exact) mass is 365 g/mol. The van der Waals surface area contributed by atoms with Crippen LogP contribution in [-0.2, 0) is 22.6 Å². The molecule has 0 atom stereocenters. The number of oxazole rings is 1. The Hall–Kier alpha value is -3.35. The van der Waals surface area contributed by atoms with E-state index in [2.05, 4.69) is 10.6 Å². The lowest BCUT2D eigenvalue weighted by atomic mass is 10.0. The lowest BCUT2D eigenvalue weighted by Crippen LogP contribution is -2.19. The Morgan fingerprint density at radius 3 is 2.89 bits per heavy atom. The van der Waals surface area contributed by atoms with Gasteiger partial charge in [-0.1, -0.05) is 12.1 Å². The maximum absolute atomic E-state index is 12.2. The molecule has 0 saturated heterocycles. The molecule has 138 valence electrons. The fourth-order valence-electron chi connectivity index (χ4n) is 3.31. The van der Waals surface area contributed by atoms with E-state index in [1.54, 1.807) is 22.8 Å². The minimum absolute atomic E-state index is 0.0151. The van der Waals surface area contributed by atoms with Crippen molar-refractivity contribution in [2.45, 2.75) is 32.2 Å². The van der Waals surface area contributed by atoms with Gasteiger partial charge in [0.1, 0.15) is 0 Å². The molecule has 0 radical (unpaired) electrons. The van der Waals surface area contributed by atoms with Gasteiger partial charge in [-0.2, -0.15) is 0 Å². The number of amides is 2. The zero-order valence-electron chi connectivity index (χ0n) is 14.7. The van der Waals surface area contributed by atoms with Crippen LogP contribution < -0.4 is 16.4 Å². The Kier molecular flexibility index (Phi) is 4.50. The van der Waals surface area contributed by atoms with Gasteiger partial charge in [-0.3, -0.25) is 14.2 Å². The Balaban J connectivity index is 1.35. The second-order valence-corrected chi connectivity index (χ2v) is 6.56. The third-order valence-corrected chi connectivity index (χ3v) is 4.64. The van der Waals surface area contributed by atoms with Crippen molar-refractivity contribution in [3.63, 3.8) is 0 Å². The first-order valence-electron chi connectivity index (χ1n) is 8.91. The number of carbonyl (C=O) groups excluding carboxylic acids is 2. The van der Waals surface area contributed by atoms with E-state index >= 15 is 0 Å². The topological polar surface area (TPSA) is 93.3 Å². The number of anilines is 2. The predicted octanol–water partition coefficient (Wildman–Crippen LogP) is 2.90. The number of hydrogen-bond donors (Lipinski definition) is 2. The number of nitrogens with one attached hydrogen (secondary N) is 2. The minimum Gasteiger partial charge on any atom is -0.408 e. The smallest absolute Gasteiger partial charge is 0.408 e. The van der Waals surface area contributed by atoms with Crippen LogP contribution in [0, 0.1) is 0 Å². The van der Waals surface area contributed by atoms with Crippen LogP contribution in [-0.4, -0.2) is 16.4 Å². The first-order valence-corrected chi connectivity index (χ1v) is 8.91. The maximum atomic E-state index is 12.2. The Morgan fingerprint density at radius 1 is 1.15 bits per heavy atom. The SMILES string of the molecule is O=C(CCCn1c(=O)oc2ccccc21)Nc1ccc2c(c1)CCC(=O)N2. The molecule has 1 aliphatic heterocycles. The molecule has 0 unspecified atom stereocenters. The molecule has 2 N–H and O–H groups in total. The lowest BCUT2D eigenvalue weighted by molar-refractivity contribution is -0.117. The first-order chi connectivity index (χ1) is 13.1. The number of benzene rings is 2. The van der Waals surface area contributed by atoms with Gasteiger partial charge >= 0.3 is 5.76 Å². The first kappa shape index (κ1) is 17.1. The van der Waals surface area contributed by atoms with Gasteiger partial charge < -0.3 is 15.1 Å². The summed E-state index contributed by atoms with van der Waals surface area (Å²) < 4.78 is 6.74. The Labute approximate surface area is 155 Å². The number of hydrogen-bond acceptors (Lipinski definition) is 4. The number of rotatable bonds is 5. The highest BCUT2D eigenvalue weighted by Gasteiger charge is 2.15. The van der Waals surface area contributed by atoms with Crippen molar-refractivity contribution in [2.75, 3.05) is 10.6 Å². The molecule has 0 bridgehead atoms. The van der Waals surface area contributed by atoms with E-state index in [0.717, 1.165) is 16.8 Å². The summed E-state index contributed by atoms with van der Waals surface area (Å²) in [6.07, 6.45) is 1.94. The highest BCUT2D eigenvalue weighted by Crippen LogP contribution is 2.25. The van der Waals surface area contributed by atoms with Crippen LogP contribution in [0.3, 0.4) is 0 Å². The maximum Gasteiger partial charge on any atom is 0.419 e. The second-order valence-electron chi connectivity index (χ2n) is 6.56. The summed E-state index contributed by atoms with van der Waals surface area (Å²) >= 11 is 0. The average Bonchev–Trinajstić information content (AvgIpc) is 2.97. The largest absolute Gasteiger partial charge is 0.419 e. The number of fused-ring (bicyclic) bond motifs is 2. The van der Waals surface area contributed by atoms with Crippen LogP contribution in [0.25, 0.3) is 11.1 Å². The van der Waals surface area contributed by atoms with E-state index in [-0.39, 0.29) is 11.8 Å². The van der Waals surface area contributed by atoms with Crippen molar-refractivity contribution in [3.05, 3.63) is 58.6 Å².